The molecule has 1 spiro atoms. The van der Waals surface area contributed by atoms with E-state index in [9.17, 15) is 55.1 Å². The van der Waals surface area contributed by atoms with Crippen LogP contribution in [-0.2, 0) is 67.0 Å². The highest BCUT2D eigenvalue weighted by Gasteiger charge is 2.55. The molecule has 610 valence electrons. The van der Waals surface area contributed by atoms with E-state index < -0.39 is 198 Å². The lowest BCUT2D eigenvalue weighted by Gasteiger charge is -2.47. The summed E-state index contributed by atoms with van der Waals surface area (Å²) < 4.78 is 96.4. The van der Waals surface area contributed by atoms with Gasteiger partial charge in [-0.25, -0.2) is 0 Å². The number of carbonyl (C=O) groups excluding carboxylic acids is 12. The molecule has 0 aromatic carbocycles. The lowest BCUT2D eigenvalue weighted by molar-refractivity contribution is -0.215. The van der Waals surface area contributed by atoms with E-state index in [1.165, 1.54) is 80.9 Å². The molecule has 2 saturated heterocycles. The predicted octanol–water partition coefficient (Wildman–Crippen LogP) is 6.08. The summed E-state index contributed by atoms with van der Waals surface area (Å²) in [5.41, 5.74) is -1.60. The molecule has 4 saturated carbocycles. The molecule has 3 aliphatic heterocycles. The molecule has 0 aromatic rings. The van der Waals surface area contributed by atoms with Gasteiger partial charge in [0.05, 0.1) is 44.1 Å². The van der Waals surface area contributed by atoms with Crippen molar-refractivity contribution in [3.8, 4) is 0 Å². The third-order valence-corrected chi connectivity index (χ3v) is 24.4. The van der Waals surface area contributed by atoms with Gasteiger partial charge < -0.3 is 69.5 Å². The predicted molar refractivity (Wildman–Crippen MR) is 387 cm³/mol. The van der Waals surface area contributed by atoms with Crippen molar-refractivity contribution < 1.29 is 93.4 Å². The van der Waals surface area contributed by atoms with Crippen molar-refractivity contribution in [2.45, 2.75) is 255 Å². The SMILES string of the molecule is CCCN(C)C(=O)[C@@H]1CC(=O)N(C)[C@@H](COCC)C(=O)N[C@@H]([C@@H](C)CC)C(=O)N(C)CC(=O)N(C)[C@H]2C/C=C\CCN(C2=O)[C@@H](CC2CCC(C(F)(F)F)CC2)C(=O)N(C)CC(=O)N[C@@H](CCC2CCC(C(F)(F)F)C(OC)C2)C(=O)N2C[C@@H](C)C[C@H]2C(=O)NC2(CCC2)C(=O)N(C)[C@@H](C2CCCC2)C(=O)N1C. The van der Waals surface area contributed by atoms with Crippen LogP contribution in [0.4, 0.5) is 26.3 Å². The number of alkyl halides is 6. The Morgan fingerprint density at radius 1 is 0.667 bits per heavy atom. The maximum atomic E-state index is 15.6. The van der Waals surface area contributed by atoms with Crippen LogP contribution in [-0.4, -0.2) is 290 Å². The molecule has 0 radical (unpaired) electrons. The van der Waals surface area contributed by atoms with Crippen LogP contribution in [0.3, 0.4) is 0 Å². The number of methoxy groups -OCH3 is 1. The average Bonchev–Trinajstić information content (AvgIpc) is 1.31. The molecule has 26 nitrogen and oxygen atoms in total. The van der Waals surface area contributed by atoms with Gasteiger partial charge in [-0.1, -0.05) is 59.1 Å². The smallest absolute Gasteiger partial charge is 0.381 e. The van der Waals surface area contributed by atoms with Gasteiger partial charge in [0, 0.05) is 82.7 Å². The topological polar surface area (TPSA) is 289 Å². The largest absolute Gasteiger partial charge is 0.394 e. The van der Waals surface area contributed by atoms with Crippen molar-refractivity contribution in [1.29, 1.82) is 0 Å². The molecule has 7 aliphatic rings. The van der Waals surface area contributed by atoms with E-state index in [2.05, 4.69) is 16.0 Å². The third kappa shape index (κ3) is 21.5. The number of fused-ring (bicyclic) bond motifs is 3. The van der Waals surface area contributed by atoms with Crippen molar-refractivity contribution in [2.75, 3.05) is 102 Å². The Kier molecular flexibility index (Phi) is 31.6. The van der Waals surface area contributed by atoms with Crippen LogP contribution < -0.4 is 16.0 Å². The molecular formula is C76H120F6N12O14. The zero-order chi connectivity index (χ0) is 80.0. The highest BCUT2D eigenvalue weighted by molar-refractivity contribution is 6.01. The van der Waals surface area contributed by atoms with E-state index in [0.29, 0.717) is 44.9 Å². The maximum absolute atomic E-state index is 15.6. The highest BCUT2D eigenvalue weighted by Crippen LogP contribution is 2.45. The van der Waals surface area contributed by atoms with Gasteiger partial charge in [0.2, 0.25) is 70.9 Å². The first kappa shape index (κ1) is 88.1. The molecule has 108 heavy (non-hydrogen) atoms. The van der Waals surface area contributed by atoms with Crippen LogP contribution >= 0.6 is 0 Å². The molecule has 13 atom stereocenters. The molecule has 0 aromatic heterocycles. The number of hydrogen-bond acceptors (Lipinski definition) is 14. The minimum Gasteiger partial charge on any atom is -0.381 e. The number of nitrogens with one attached hydrogen (secondary N) is 3. The van der Waals surface area contributed by atoms with Gasteiger partial charge >= 0.3 is 12.4 Å². The molecule has 7 rings (SSSR count). The number of hydrogen-bond donors (Lipinski definition) is 3. The fraction of sp³-hybridized carbons (Fsp3) is 0.816. The Bertz CT molecular complexity index is 3200. The van der Waals surface area contributed by atoms with E-state index in [1.54, 1.807) is 32.9 Å². The molecule has 12 amide bonds. The fourth-order valence-corrected chi connectivity index (χ4v) is 17.2. The number of carbonyl (C=O) groups is 12. The van der Waals surface area contributed by atoms with Crippen LogP contribution in [0.5, 0.6) is 0 Å². The lowest BCUT2D eigenvalue weighted by atomic mass is 9.74. The normalized spacial score (nSPS) is 31.2. The summed E-state index contributed by atoms with van der Waals surface area (Å²) >= 11 is 0. The first-order valence-corrected chi connectivity index (χ1v) is 39.1. The van der Waals surface area contributed by atoms with Gasteiger partial charge in [-0.05, 0) is 159 Å². The summed E-state index contributed by atoms with van der Waals surface area (Å²) in [6, 6.07) is -10.9. The zero-order valence-electron chi connectivity index (χ0n) is 65.6. The van der Waals surface area contributed by atoms with Crippen LogP contribution in [0.15, 0.2) is 12.2 Å². The maximum Gasteiger partial charge on any atom is 0.394 e. The fourth-order valence-electron chi connectivity index (χ4n) is 17.2. The van der Waals surface area contributed by atoms with Gasteiger partial charge in [0.25, 0.3) is 0 Å². The molecule has 3 heterocycles. The van der Waals surface area contributed by atoms with Crippen LogP contribution in [0.1, 0.15) is 182 Å². The summed E-state index contributed by atoms with van der Waals surface area (Å²) in [4.78, 5) is 192. The lowest BCUT2D eigenvalue weighted by Crippen LogP contribution is -2.68. The minimum atomic E-state index is -4.55. The molecule has 32 heteroatoms. The number of ether oxygens (including phenoxy) is 2. The summed E-state index contributed by atoms with van der Waals surface area (Å²) in [5.74, 6) is -14.5. The Morgan fingerprint density at radius 3 is 1.91 bits per heavy atom. The van der Waals surface area contributed by atoms with Crippen molar-refractivity contribution in [3.63, 3.8) is 0 Å². The number of nitrogens with zero attached hydrogens (tertiary/aromatic N) is 9. The summed E-state index contributed by atoms with van der Waals surface area (Å²) in [5, 5.41) is 8.62. The van der Waals surface area contributed by atoms with Crippen LogP contribution in [0.2, 0.25) is 0 Å². The Labute approximate surface area is 632 Å². The molecular weight excluding hydrogens is 1420 g/mol. The summed E-state index contributed by atoms with van der Waals surface area (Å²) in [7, 11) is 10.9. The second-order valence-electron chi connectivity index (χ2n) is 31.9. The Hall–Kier alpha value is -7.12. The average molecular weight is 1540 g/mol. The second kappa shape index (κ2) is 38.7. The van der Waals surface area contributed by atoms with Gasteiger partial charge in [-0.3, -0.25) is 57.5 Å². The van der Waals surface area contributed by atoms with Crippen LogP contribution in [0.25, 0.3) is 0 Å². The molecule has 3 unspecified atom stereocenters. The number of likely N-dealkylation sites (N-methyl/N-ethyl adjacent to an activating group) is 7. The van der Waals surface area contributed by atoms with E-state index in [4.69, 9.17) is 9.47 Å². The van der Waals surface area contributed by atoms with E-state index in [-0.39, 0.29) is 135 Å². The second-order valence-corrected chi connectivity index (χ2v) is 31.9. The Morgan fingerprint density at radius 2 is 1.31 bits per heavy atom. The van der Waals surface area contributed by atoms with Crippen molar-refractivity contribution in [1.82, 2.24) is 60.0 Å². The molecule has 6 fully saturated rings. The first-order chi connectivity index (χ1) is 50.8. The zero-order valence-corrected chi connectivity index (χ0v) is 65.6. The van der Waals surface area contributed by atoms with Crippen LogP contribution in [0, 0.1) is 41.4 Å². The summed E-state index contributed by atoms with van der Waals surface area (Å²) in [6.45, 7) is 7.22. The number of amides is 12. The van der Waals surface area contributed by atoms with Crippen molar-refractivity contribution >= 4 is 70.9 Å². The van der Waals surface area contributed by atoms with Gasteiger partial charge in [-0.15, -0.1) is 0 Å². The third-order valence-electron chi connectivity index (χ3n) is 24.4. The van der Waals surface area contributed by atoms with Gasteiger partial charge in [0.15, 0.2) is 0 Å². The quantitative estimate of drug-likeness (QED) is 0.124. The molecule has 2 bridgehead atoms. The van der Waals surface area contributed by atoms with E-state index in [1.807, 2.05) is 13.8 Å². The summed E-state index contributed by atoms with van der Waals surface area (Å²) in [6.07, 6.45) is -4.04. The standard InChI is InChI=1S/C76H120F6N12O14/c1-14-36-86(6)68(101)56-41-61(96)90(10)58(45-108-16-3)65(98)84-63(47(5)15-2)71(104)88(8)44-62(97)89(9)54-25-18-17-21-37-93(70(54)103)57(39-48-26-30-51(31-27-48)75(77,78)79)69(102)87(7)43-60(95)83-53(33-29-49-28-32-52(76(80,81)82)59(40-49)107-13)67(100)94-42-46(4)38-55(94)66(99)85-74(34-22-35-74)73(106)92(12)64(72(105)91(56)11)50-23-19-20-24-50/h17-18,46-59,63-64H,14-16,19-45H2,1-13H3,(H,83,95)(H,84,98)(H,85,99)/b18-17-/t46-,47-,48?,49?,51?,52?,53-,54-,55-,56-,57-,58-,59?,63-,64-/m0/s1. The molecule has 3 N–H and O–H groups in total. The Balaban J connectivity index is 1.31. The van der Waals surface area contributed by atoms with Gasteiger partial charge in [-0.2, -0.15) is 26.3 Å². The monoisotopic (exact) mass is 1540 g/mol. The van der Waals surface area contributed by atoms with E-state index >= 15 is 28.8 Å². The van der Waals surface area contributed by atoms with Gasteiger partial charge in [0.1, 0.15) is 53.9 Å². The molecule has 4 aliphatic carbocycles. The minimum absolute atomic E-state index is 0.0114. The van der Waals surface area contributed by atoms with Crippen molar-refractivity contribution in [2.24, 2.45) is 41.4 Å². The van der Waals surface area contributed by atoms with E-state index in [0.717, 1.165) is 19.6 Å². The number of halogens is 6. The highest BCUT2D eigenvalue weighted by atomic mass is 19.4. The number of rotatable bonds is 15. The van der Waals surface area contributed by atoms with Crippen molar-refractivity contribution in [3.05, 3.63) is 12.2 Å². The first-order valence-electron chi connectivity index (χ1n) is 39.1.